The summed E-state index contributed by atoms with van der Waals surface area (Å²) < 4.78 is 1.98. The number of aryl methyl sites for hydroxylation is 3. The molecule has 0 saturated carbocycles. The second kappa shape index (κ2) is 11.0. The Labute approximate surface area is 215 Å². The molecule has 0 radical (unpaired) electrons. The number of nitrogens with zero attached hydrogens (tertiary/aromatic N) is 3. The molecule has 6 nitrogen and oxygen atoms in total. The van der Waals surface area contributed by atoms with Crippen LogP contribution in [0.4, 0.5) is 11.4 Å². The zero-order valence-corrected chi connectivity index (χ0v) is 21.8. The first-order valence-electron chi connectivity index (χ1n) is 11.3. The fourth-order valence-electron chi connectivity index (χ4n) is 3.55. The first-order valence-corrected chi connectivity index (χ1v) is 12.7. The summed E-state index contributed by atoms with van der Waals surface area (Å²) in [5, 5.41) is 16.6. The highest BCUT2D eigenvalue weighted by molar-refractivity contribution is 7.99. The van der Waals surface area contributed by atoms with Crippen LogP contribution in [0.5, 0.6) is 0 Å². The highest BCUT2D eigenvalue weighted by atomic mass is 35.5. The fourth-order valence-corrected chi connectivity index (χ4v) is 4.50. The lowest BCUT2D eigenvalue weighted by Crippen LogP contribution is -2.16. The maximum atomic E-state index is 12.7. The zero-order valence-electron chi connectivity index (χ0n) is 20.2. The number of hydrogen-bond donors (Lipinski definition) is 2. The Bertz CT molecular complexity index is 1350. The lowest BCUT2D eigenvalue weighted by atomic mass is 10.1. The third kappa shape index (κ3) is 6.05. The van der Waals surface area contributed by atoms with E-state index in [9.17, 15) is 4.79 Å². The molecule has 1 amide bonds. The van der Waals surface area contributed by atoms with E-state index < -0.39 is 0 Å². The Morgan fingerprint density at radius 1 is 0.971 bits per heavy atom. The molecule has 180 valence electrons. The third-order valence-corrected chi connectivity index (χ3v) is 7.16. The molecule has 35 heavy (non-hydrogen) atoms. The van der Waals surface area contributed by atoms with Gasteiger partial charge in [-0.2, -0.15) is 0 Å². The third-order valence-electron chi connectivity index (χ3n) is 5.83. The van der Waals surface area contributed by atoms with Gasteiger partial charge < -0.3 is 10.6 Å². The highest BCUT2D eigenvalue weighted by Gasteiger charge is 2.16. The van der Waals surface area contributed by atoms with Gasteiger partial charge in [0.05, 0.1) is 12.3 Å². The summed E-state index contributed by atoms with van der Waals surface area (Å²) in [6.45, 7) is 8.51. The number of aromatic nitrogens is 3. The summed E-state index contributed by atoms with van der Waals surface area (Å²) in [4.78, 5) is 12.7. The Morgan fingerprint density at radius 2 is 1.74 bits per heavy atom. The molecular formula is C27H28ClN5OS. The predicted octanol–water partition coefficient (Wildman–Crippen LogP) is 6.50. The van der Waals surface area contributed by atoms with Crippen molar-refractivity contribution in [3.8, 4) is 5.69 Å². The molecule has 0 saturated heterocycles. The van der Waals surface area contributed by atoms with Gasteiger partial charge in [0.1, 0.15) is 0 Å². The van der Waals surface area contributed by atoms with Crippen molar-refractivity contribution in [1.29, 1.82) is 0 Å². The average Bonchev–Trinajstić information content (AvgIpc) is 3.25. The normalized spacial score (nSPS) is 10.9. The molecule has 1 aromatic heterocycles. The smallest absolute Gasteiger partial charge is 0.234 e. The van der Waals surface area contributed by atoms with Crippen molar-refractivity contribution in [2.75, 3.05) is 16.4 Å². The van der Waals surface area contributed by atoms with E-state index in [1.807, 2.05) is 92.9 Å². The largest absolute Gasteiger partial charge is 0.378 e. The minimum atomic E-state index is -0.0869. The van der Waals surface area contributed by atoms with Crippen LogP contribution in [0.25, 0.3) is 5.69 Å². The molecule has 0 aliphatic carbocycles. The van der Waals surface area contributed by atoms with Gasteiger partial charge in [-0.05, 0) is 74.7 Å². The average molecular weight is 506 g/mol. The van der Waals surface area contributed by atoms with Crippen LogP contribution in [-0.2, 0) is 11.3 Å². The van der Waals surface area contributed by atoms with Crippen LogP contribution in [0.3, 0.4) is 0 Å². The van der Waals surface area contributed by atoms with Crippen LogP contribution in [0.15, 0.2) is 65.8 Å². The van der Waals surface area contributed by atoms with Gasteiger partial charge in [-0.15, -0.1) is 10.2 Å². The molecule has 3 aromatic carbocycles. The molecule has 0 spiro atoms. The Balaban J connectivity index is 1.52. The molecular weight excluding hydrogens is 478 g/mol. The molecule has 0 unspecified atom stereocenters. The van der Waals surface area contributed by atoms with Crippen LogP contribution in [-0.4, -0.2) is 26.4 Å². The molecule has 4 rings (SSSR count). The zero-order chi connectivity index (χ0) is 24.9. The van der Waals surface area contributed by atoms with Crippen LogP contribution in [0.1, 0.15) is 28.1 Å². The number of rotatable bonds is 8. The number of hydrogen-bond acceptors (Lipinski definition) is 5. The van der Waals surface area contributed by atoms with Gasteiger partial charge in [-0.25, -0.2) is 0 Å². The summed E-state index contributed by atoms with van der Waals surface area (Å²) in [5.74, 6) is 0.873. The molecule has 0 atom stereocenters. The van der Waals surface area contributed by atoms with Crippen molar-refractivity contribution in [3.63, 3.8) is 0 Å². The van der Waals surface area contributed by atoms with E-state index in [4.69, 9.17) is 11.6 Å². The molecule has 0 bridgehead atoms. The van der Waals surface area contributed by atoms with Crippen LogP contribution < -0.4 is 10.6 Å². The summed E-state index contributed by atoms with van der Waals surface area (Å²) >= 11 is 7.63. The van der Waals surface area contributed by atoms with E-state index in [0.717, 1.165) is 45.1 Å². The van der Waals surface area contributed by atoms with Gasteiger partial charge in [0, 0.05) is 22.1 Å². The summed E-state index contributed by atoms with van der Waals surface area (Å²) in [5.41, 5.74) is 7.07. The molecule has 2 N–H and O–H groups in total. The molecule has 0 aliphatic rings. The molecule has 4 aromatic rings. The minimum absolute atomic E-state index is 0.0869. The monoisotopic (exact) mass is 505 g/mol. The summed E-state index contributed by atoms with van der Waals surface area (Å²) in [6, 6.07) is 19.9. The standard InChI is InChI=1S/C27H28ClN5OS/c1-17-8-12-22(13-9-17)33-25(15-29-21-11-10-19(3)23(28)14-21)31-32-27(33)35-16-26(34)30-24-7-5-6-18(2)20(24)4/h5-14,29H,15-16H2,1-4H3,(H,30,34). The number of anilines is 2. The number of nitrogens with one attached hydrogen (secondary N) is 2. The van der Waals surface area contributed by atoms with Crippen molar-refractivity contribution in [3.05, 3.63) is 93.8 Å². The Morgan fingerprint density at radius 3 is 2.49 bits per heavy atom. The molecule has 8 heteroatoms. The van der Waals surface area contributed by atoms with E-state index in [0.29, 0.717) is 16.7 Å². The quantitative estimate of drug-likeness (QED) is 0.267. The summed E-state index contributed by atoms with van der Waals surface area (Å²) in [7, 11) is 0. The maximum absolute atomic E-state index is 12.7. The van der Waals surface area contributed by atoms with E-state index in [-0.39, 0.29) is 11.7 Å². The first kappa shape index (κ1) is 24.8. The van der Waals surface area contributed by atoms with Crippen LogP contribution in [0, 0.1) is 27.7 Å². The SMILES string of the molecule is Cc1ccc(-n2c(CNc3ccc(C)c(Cl)c3)nnc2SCC(=O)Nc2cccc(C)c2C)cc1. The lowest BCUT2D eigenvalue weighted by Gasteiger charge is -2.13. The lowest BCUT2D eigenvalue weighted by molar-refractivity contribution is -0.113. The summed E-state index contributed by atoms with van der Waals surface area (Å²) in [6.07, 6.45) is 0. The number of halogens is 1. The van der Waals surface area contributed by atoms with Gasteiger partial charge in [0.25, 0.3) is 0 Å². The number of carbonyl (C=O) groups excluding carboxylic acids is 1. The Hall–Kier alpha value is -3.29. The van der Waals surface area contributed by atoms with Gasteiger partial charge in [-0.1, -0.05) is 59.3 Å². The highest BCUT2D eigenvalue weighted by Crippen LogP contribution is 2.25. The van der Waals surface area contributed by atoms with Crippen LogP contribution in [0.2, 0.25) is 5.02 Å². The van der Waals surface area contributed by atoms with E-state index in [1.54, 1.807) is 0 Å². The molecule has 1 heterocycles. The second-order valence-corrected chi connectivity index (χ2v) is 9.82. The molecule has 0 aliphatic heterocycles. The maximum Gasteiger partial charge on any atom is 0.234 e. The second-order valence-electron chi connectivity index (χ2n) is 8.47. The van der Waals surface area contributed by atoms with Crippen molar-refractivity contribution in [2.24, 2.45) is 0 Å². The molecule has 0 fully saturated rings. The van der Waals surface area contributed by atoms with Gasteiger partial charge in [0.15, 0.2) is 11.0 Å². The van der Waals surface area contributed by atoms with Gasteiger partial charge >= 0.3 is 0 Å². The minimum Gasteiger partial charge on any atom is -0.378 e. The van der Waals surface area contributed by atoms with Crippen molar-refractivity contribution < 1.29 is 4.79 Å². The van der Waals surface area contributed by atoms with Crippen molar-refractivity contribution in [1.82, 2.24) is 14.8 Å². The number of carbonyl (C=O) groups is 1. The number of benzene rings is 3. The van der Waals surface area contributed by atoms with Gasteiger partial charge in [0.2, 0.25) is 5.91 Å². The van der Waals surface area contributed by atoms with Crippen molar-refractivity contribution in [2.45, 2.75) is 39.4 Å². The fraction of sp³-hybridized carbons (Fsp3) is 0.222. The predicted molar refractivity (Wildman–Crippen MR) is 145 cm³/mol. The number of amides is 1. The van der Waals surface area contributed by atoms with Crippen LogP contribution >= 0.6 is 23.4 Å². The number of thioether (sulfide) groups is 1. The van der Waals surface area contributed by atoms with E-state index >= 15 is 0 Å². The van der Waals surface area contributed by atoms with E-state index in [1.165, 1.54) is 11.8 Å². The topological polar surface area (TPSA) is 71.8 Å². The first-order chi connectivity index (χ1) is 16.8. The van der Waals surface area contributed by atoms with Gasteiger partial charge in [-0.3, -0.25) is 9.36 Å². The van der Waals surface area contributed by atoms with E-state index in [2.05, 4.69) is 20.8 Å². The Kier molecular flexibility index (Phi) is 7.78. The van der Waals surface area contributed by atoms with Crippen molar-refractivity contribution >= 4 is 40.6 Å².